The minimum absolute atomic E-state index is 0.106. The highest BCUT2D eigenvalue weighted by Gasteiger charge is 2.08. The molecule has 6 heteroatoms. The third-order valence-electron chi connectivity index (χ3n) is 1.93. The molecule has 0 fully saturated rings. The van der Waals surface area contributed by atoms with Crippen molar-refractivity contribution in [2.45, 2.75) is 13.0 Å². The molecule has 0 unspecified atom stereocenters. The Bertz CT molecular complexity index is 400. The van der Waals surface area contributed by atoms with Crippen molar-refractivity contribution in [3.63, 3.8) is 0 Å². The van der Waals surface area contributed by atoms with E-state index in [1.54, 1.807) is 25.1 Å². The highest BCUT2D eigenvalue weighted by atomic mass is 79.9. The zero-order valence-corrected chi connectivity index (χ0v) is 11.6. The Kier molecular flexibility index (Phi) is 5.74. The van der Waals surface area contributed by atoms with Crippen molar-refractivity contribution in [1.29, 1.82) is 0 Å². The van der Waals surface area contributed by atoms with Gasteiger partial charge in [-0.1, -0.05) is 27.5 Å². The van der Waals surface area contributed by atoms with Gasteiger partial charge >= 0.3 is 0 Å². The number of nitrogens with one attached hydrogen (secondary N) is 1. The highest BCUT2D eigenvalue weighted by molar-refractivity contribution is 9.10. The molecule has 1 aromatic rings. The van der Waals surface area contributed by atoms with E-state index < -0.39 is 0 Å². The largest absolute Gasteiger partial charge is 0.482 e. The second kappa shape index (κ2) is 6.83. The average Bonchev–Trinajstić information content (AvgIpc) is 2.27. The van der Waals surface area contributed by atoms with Crippen LogP contribution in [0.4, 0.5) is 0 Å². The maximum absolute atomic E-state index is 11.4. The topological polar surface area (TPSA) is 58.6 Å². The second-order valence-corrected chi connectivity index (χ2v) is 4.84. The Morgan fingerprint density at radius 1 is 1.65 bits per heavy atom. The SMILES string of the molecule is C[C@H](CO)NC(=O)COc1ccc(Br)cc1Cl. The summed E-state index contributed by atoms with van der Waals surface area (Å²) in [5.41, 5.74) is 0. The Morgan fingerprint density at radius 2 is 2.35 bits per heavy atom. The summed E-state index contributed by atoms with van der Waals surface area (Å²) in [4.78, 5) is 11.4. The molecule has 0 aliphatic rings. The van der Waals surface area contributed by atoms with Crippen LogP contribution in [0.5, 0.6) is 5.75 Å². The molecule has 0 aliphatic heterocycles. The number of carbonyl (C=O) groups excluding carboxylic acids is 1. The van der Waals surface area contributed by atoms with Crippen LogP contribution in [0.25, 0.3) is 0 Å². The molecule has 0 aromatic heterocycles. The monoisotopic (exact) mass is 321 g/mol. The standard InChI is InChI=1S/C11H13BrClNO3/c1-7(5-15)14-11(16)6-17-10-3-2-8(12)4-9(10)13/h2-4,7,15H,5-6H2,1H3,(H,14,16)/t7-/m1/s1. The van der Waals surface area contributed by atoms with E-state index in [1.165, 1.54) is 0 Å². The lowest BCUT2D eigenvalue weighted by Gasteiger charge is -2.12. The van der Waals surface area contributed by atoms with Crippen molar-refractivity contribution < 1.29 is 14.6 Å². The van der Waals surface area contributed by atoms with Gasteiger partial charge in [-0.3, -0.25) is 4.79 Å². The highest BCUT2D eigenvalue weighted by Crippen LogP contribution is 2.27. The molecule has 0 heterocycles. The number of halogens is 2. The van der Waals surface area contributed by atoms with Gasteiger partial charge in [0.2, 0.25) is 0 Å². The zero-order chi connectivity index (χ0) is 12.8. The molecule has 0 saturated heterocycles. The fraction of sp³-hybridized carbons (Fsp3) is 0.364. The molecule has 0 radical (unpaired) electrons. The van der Waals surface area contributed by atoms with E-state index in [0.717, 1.165) is 4.47 Å². The number of amides is 1. The van der Waals surface area contributed by atoms with E-state index >= 15 is 0 Å². The van der Waals surface area contributed by atoms with E-state index in [9.17, 15) is 4.79 Å². The summed E-state index contributed by atoms with van der Waals surface area (Å²) in [5, 5.41) is 11.8. The third-order valence-corrected chi connectivity index (χ3v) is 2.72. The van der Waals surface area contributed by atoms with Crippen LogP contribution in [-0.2, 0) is 4.79 Å². The smallest absolute Gasteiger partial charge is 0.258 e. The lowest BCUT2D eigenvalue weighted by Crippen LogP contribution is -2.38. The molecule has 0 spiro atoms. The molecule has 0 saturated carbocycles. The van der Waals surface area contributed by atoms with E-state index in [-0.39, 0.29) is 25.2 Å². The van der Waals surface area contributed by atoms with Crippen LogP contribution in [0.2, 0.25) is 5.02 Å². The summed E-state index contributed by atoms with van der Waals surface area (Å²) in [6.45, 7) is 1.46. The summed E-state index contributed by atoms with van der Waals surface area (Å²) < 4.78 is 6.09. The fourth-order valence-electron chi connectivity index (χ4n) is 1.10. The van der Waals surface area contributed by atoms with Gasteiger partial charge in [0.05, 0.1) is 11.6 Å². The summed E-state index contributed by atoms with van der Waals surface area (Å²) in [6, 6.07) is 4.85. The molecule has 17 heavy (non-hydrogen) atoms. The van der Waals surface area contributed by atoms with E-state index in [4.69, 9.17) is 21.4 Å². The fourth-order valence-corrected chi connectivity index (χ4v) is 1.83. The average molecular weight is 323 g/mol. The Hall–Kier alpha value is -0.780. The van der Waals surface area contributed by atoms with Crippen LogP contribution in [0.1, 0.15) is 6.92 Å². The van der Waals surface area contributed by atoms with Crippen molar-refractivity contribution in [2.24, 2.45) is 0 Å². The quantitative estimate of drug-likeness (QED) is 0.871. The van der Waals surface area contributed by atoms with Gasteiger partial charge in [-0.2, -0.15) is 0 Å². The van der Waals surface area contributed by atoms with Gasteiger partial charge in [0.1, 0.15) is 5.75 Å². The normalized spacial score (nSPS) is 12.0. The number of aliphatic hydroxyl groups excluding tert-OH is 1. The van der Waals surface area contributed by atoms with Gasteiger partial charge in [-0.15, -0.1) is 0 Å². The van der Waals surface area contributed by atoms with Crippen molar-refractivity contribution in [3.05, 3.63) is 27.7 Å². The molecule has 1 rings (SSSR count). The van der Waals surface area contributed by atoms with Crippen LogP contribution in [0.15, 0.2) is 22.7 Å². The predicted octanol–water partition coefficient (Wildman–Crippen LogP) is 1.98. The van der Waals surface area contributed by atoms with Crippen molar-refractivity contribution >= 4 is 33.4 Å². The molecule has 1 atom stereocenters. The predicted molar refractivity (Wildman–Crippen MR) is 69.3 cm³/mol. The first-order valence-electron chi connectivity index (χ1n) is 5.01. The molecular formula is C11H13BrClNO3. The van der Waals surface area contributed by atoms with Crippen LogP contribution >= 0.6 is 27.5 Å². The summed E-state index contributed by atoms with van der Waals surface area (Å²) in [7, 11) is 0. The Balaban J connectivity index is 2.47. The summed E-state index contributed by atoms with van der Waals surface area (Å²) >= 11 is 9.19. The first-order valence-corrected chi connectivity index (χ1v) is 6.18. The molecule has 0 aliphatic carbocycles. The Morgan fingerprint density at radius 3 is 2.94 bits per heavy atom. The second-order valence-electron chi connectivity index (χ2n) is 3.51. The van der Waals surface area contributed by atoms with Gasteiger partial charge in [-0.05, 0) is 25.1 Å². The van der Waals surface area contributed by atoms with Crippen LogP contribution in [0.3, 0.4) is 0 Å². The zero-order valence-electron chi connectivity index (χ0n) is 9.24. The number of ether oxygens (including phenoxy) is 1. The van der Waals surface area contributed by atoms with Crippen LogP contribution in [-0.4, -0.2) is 30.3 Å². The van der Waals surface area contributed by atoms with Gasteiger partial charge in [-0.25, -0.2) is 0 Å². The van der Waals surface area contributed by atoms with Crippen molar-refractivity contribution in [3.8, 4) is 5.75 Å². The lowest BCUT2D eigenvalue weighted by molar-refractivity contribution is -0.123. The maximum atomic E-state index is 11.4. The number of rotatable bonds is 5. The van der Waals surface area contributed by atoms with Crippen molar-refractivity contribution in [1.82, 2.24) is 5.32 Å². The first kappa shape index (κ1) is 14.3. The number of carbonyl (C=O) groups is 1. The summed E-state index contributed by atoms with van der Waals surface area (Å²) in [6.07, 6.45) is 0. The van der Waals surface area contributed by atoms with Crippen LogP contribution in [0, 0.1) is 0 Å². The van der Waals surface area contributed by atoms with E-state index in [0.29, 0.717) is 10.8 Å². The van der Waals surface area contributed by atoms with Crippen LogP contribution < -0.4 is 10.1 Å². The Labute approximate surface area is 113 Å². The number of aliphatic hydroxyl groups is 1. The lowest BCUT2D eigenvalue weighted by atomic mass is 10.3. The van der Waals surface area contributed by atoms with E-state index in [1.807, 2.05) is 0 Å². The van der Waals surface area contributed by atoms with Gasteiger partial charge in [0.15, 0.2) is 6.61 Å². The van der Waals surface area contributed by atoms with Gasteiger partial charge in [0, 0.05) is 10.5 Å². The number of benzene rings is 1. The number of hydrogen-bond donors (Lipinski definition) is 2. The third kappa shape index (κ3) is 4.93. The molecule has 94 valence electrons. The van der Waals surface area contributed by atoms with Gasteiger partial charge in [0.25, 0.3) is 5.91 Å². The molecule has 2 N–H and O–H groups in total. The van der Waals surface area contributed by atoms with Crippen molar-refractivity contribution in [2.75, 3.05) is 13.2 Å². The molecule has 1 amide bonds. The summed E-state index contributed by atoms with van der Waals surface area (Å²) in [5.74, 6) is 0.146. The molecular weight excluding hydrogens is 309 g/mol. The minimum atomic E-state index is -0.300. The van der Waals surface area contributed by atoms with Gasteiger partial charge < -0.3 is 15.2 Å². The number of hydrogen-bond acceptors (Lipinski definition) is 3. The maximum Gasteiger partial charge on any atom is 0.258 e. The molecule has 1 aromatic carbocycles. The minimum Gasteiger partial charge on any atom is -0.482 e. The molecule has 4 nitrogen and oxygen atoms in total. The first-order chi connectivity index (χ1) is 8.02. The van der Waals surface area contributed by atoms with E-state index in [2.05, 4.69) is 21.2 Å². The molecule has 0 bridgehead atoms.